The maximum atomic E-state index is 13.2. The first kappa shape index (κ1) is 24.4. The molecule has 3 heterocycles. The molecule has 3 aromatic carbocycles. The number of nitrogens with zero attached hydrogens (tertiary/aromatic N) is 2. The van der Waals surface area contributed by atoms with Crippen LogP contribution < -0.4 is 9.47 Å². The number of amides is 2. The number of halogens is 1. The van der Waals surface area contributed by atoms with Crippen LogP contribution in [0.3, 0.4) is 0 Å². The van der Waals surface area contributed by atoms with Gasteiger partial charge < -0.3 is 14.0 Å². The third kappa shape index (κ3) is 4.38. The average Bonchev–Trinajstić information content (AvgIpc) is 3.56. The summed E-state index contributed by atoms with van der Waals surface area (Å²) in [7, 11) is 0. The van der Waals surface area contributed by atoms with Gasteiger partial charge in [0.05, 0.1) is 11.4 Å². The summed E-state index contributed by atoms with van der Waals surface area (Å²) < 4.78 is 12.9. The van der Waals surface area contributed by atoms with Gasteiger partial charge in [-0.1, -0.05) is 54.1 Å². The van der Waals surface area contributed by atoms with Gasteiger partial charge in [0, 0.05) is 28.2 Å². The lowest BCUT2D eigenvalue weighted by Crippen LogP contribution is -2.27. The van der Waals surface area contributed by atoms with E-state index < -0.39 is 0 Å². The van der Waals surface area contributed by atoms with Crippen molar-refractivity contribution in [3.63, 3.8) is 0 Å². The van der Waals surface area contributed by atoms with Crippen molar-refractivity contribution < 1.29 is 19.1 Å². The minimum Gasteiger partial charge on any atom is -0.454 e. The van der Waals surface area contributed by atoms with E-state index in [1.165, 1.54) is 10.5 Å². The van der Waals surface area contributed by atoms with Crippen molar-refractivity contribution in [2.24, 2.45) is 0 Å². The van der Waals surface area contributed by atoms with Crippen LogP contribution in [-0.2, 0) is 11.3 Å². The standard InChI is InChI=1S/C30H23ClN2O4S/c1-18-12-22(19(2)33(18)24-10-8-21(9-11-24)20-6-4-3-5-7-20)14-28-29(34)32(30(35)38-28)16-23-13-26-27(15-25(23)31)37-17-36-26/h3-15H,16-17H2,1-2H3/b28-14-. The first-order valence-corrected chi connectivity index (χ1v) is 13.3. The van der Waals surface area contributed by atoms with Gasteiger partial charge in [-0.15, -0.1) is 0 Å². The van der Waals surface area contributed by atoms with Crippen LogP contribution in [0.1, 0.15) is 22.5 Å². The molecule has 6 nitrogen and oxygen atoms in total. The molecule has 2 aliphatic rings. The second kappa shape index (κ2) is 9.74. The molecule has 1 fully saturated rings. The van der Waals surface area contributed by atoms with Crippen molar-refractivity contribution in [3.8, 4) is 28.3 Å². The smallest absolute Gasteiger partial charge is 0.293 e. The predicted molar refractivity (Wildman–Crippen MR) is 150 cm³/mol. The van der Waals surface area contributed by atoms with Gasteiger partial charge >= 0.3 is 0 Å². The lowest BCUT2D eigenvalue weighted by molar-refractivity contribution is -0.123. The number of thioether (sulfide) groups is 1. The van der Waals surface area contributed by atoms with E-state index in [1.807, 2.05) is 38.1 Å². The molecule has 0 saturated carbocycles. The highest BCUT2D eigenvalue weighted by Gasteiger charge is 2.36. The van der Waals surface area contributed by atoms with Crippen LogP contribution >= 0.6 is 23.4 Å². The van der Waals surface area contributed by atoms with Crippen LogP contribution in [0.15, 0.2) is 77.7 Å². The molecule has 0 bridgehead atoms. The Labute approximate surface area is 229 Å². The molecule has 2 amide bonds. The van der Waals surface area contributed by atoms with E-state index in [1.54, 1.807) is 18.2 Å². The summed E-state index contributed by atoms with van der Waals surface area (Å²) in [6.07, 6.45) is 1.79. The number of hydrogen-bond donors (Lipinski definition) is 0. The minimum absolute atomic E-state index is 0.0598. The molecule has 0 spiro atoms. The van der Waals surface area contributed by atoms with Crippen LogP contribution in [0.25, 0.3) is 22.9 Å². The number of benzene rings is 3. The van der Waals surface area contributed by atoms with Gasteiger partial charge in [-0.05, 0) is 78.2 Å². The summed E-state index contributed by atoms with van der Waals surface area (Å²) in [4.78, 5) is 27.6. The fourth-order valence-corrected chi connectivity index (χ4v) is 5.84. The maximum Gasteiger partial charge on any atom is 0.293 e. The number of ether oxygens (including phenoxy) is 2. The van der Waals surface area contributed by atoms with E-state index in [4.69, 9.17) is 21.1 Å². The average molecular weight is 543 g/mol. The molecule has 0 atom stereocenters. The summed E-state index contributed by atoms with van der Waals surface area (Å²) in [5.41, 5.74) is 6.88. The molecule has 0 aliphatic carbocycles. The van der Waals surface area contributed by atoms with Gasteiger partial charge in [0.15, 0.2) is 11.5 Å². The molecule has 6 rings (SSSR count). The molecule has 190 valence electrons. The van der Waals surface area contributed by atoms with Crippen molar-refractivity contribution >= 4 is 40.6 Å². The number of rotatable bonds is 5. The Bertz CT molecular complexity index is 1610. The van der Waals surface area contributed by atoms with Crippen molar-refractivity contribution in [3.05, 3.63) is 105 Å². The number of imide groups is 1. The van der Waals surface area contributed by atoms with Crippen molar-refractivity contribution in [1.29, 1.82) is 0 Å². The molecule has 0 unspecified atom stereocenters. The SMILES string of the molecule is Cc1cc(/C=C2\SC(=O)N(Cc3cc4c(cc3Cl)OCO4)C2=O)c(C)n1-c1ccc(-c2ccccc2)cc1. The second-order valence-corrected chi connectivity index (χ2v) is 10.5. The van der Waals surface area contributed by atoms with E-state index >= 15 is 0 Å². The Balaban J connectivity index is 1.25. The quantitative estimate of drug-likeness (QED) is 0.246. The second-order valence-electron chi connectivity index (χ2n) is 9.14. The van der Waals surface area contributed by atoms with E-state index in [0.29, 0.717) is 27.0 Å². The molecule has 4 aromatic rings. The van der Waals surface area contributed by atoms with Gasteiger partial charge in [-0.3, -0.25) is 14.5 Å². The molecular weight excluding hydrogens is 520 g/mol. The third-order valence-electron chi connectivity index (χ3n) is 6.73. The van der Waals surface area contributed by atoms with E-state index in [-0.39, 0.29) is 24.5 Å². The van der Waals surface area contributed by atoms with Crippen molar-refractivity contribution in [2.75, 3.05) is 6.79 Å². The molecular formula is C30H23ClN2O4S. The monoisotopic (exact) mass is 542 g/mol. The van der Waals surface area contributed by atoms with E-state index in [9.17, 15) is 9.59 Å². The van der Waals surface area contributed by atoms with Crippen LogP contribution in [0, 0.1) is 13.8 Å². The number of aryl methyl sites for hydroxylation is 1. The van der Waals surface area contributed by atoms with Crippen LogP contribution in [-0.4, -0.2) is 27.4 Å². The zero-order valence-electron chi connectivity index (χ0n) is 20.7. The highest BCUT2D eigenvalue weighted by atomic mass is 35.5. The minimum atomic E-state index is -0.342. The van der Waals surface area contributed by atoms with Gasteiger partial charge in [0.2, 0.25) is 6.79 Å². The number of aromatic nitrogens is 1. The molecule has 2 aliphatic heterocycles. The Kier molecular flexibility index (Phi) is 6.26. The van der Waals surface area contributed by atoms with Crippen molar-refractivity contribution in [1.82, 2.24) is 9.47 Å². The number of carbonyl (C=O) groups is 2. The summed E-state index contributed by atoms with van der Waals surface area (Å²) in [6.45, 7) is 4.22. The number of fused-ring (bicyclic) bond motifs is 1. The molecule has 8 heteroatoms. The summed E-state index contributed by atoms with van der Waals surface area (Å²) in [5.74, 6) is 0.764. The first-order chi connectivity index (χ1) is 18.4. The summed E-state index contributed by atoms with van der Waals surface area (Å²) in [5, 5.41) is 0.0828. The molecule has 0 radical (unpaired) electrons. The van der Waals surface area contributed by atoms with E-state index in [2.05, 4.69) is 41.0 Å². The van der Waals surface area contributed by atoms with E-state index in [0.717, 1.165) is 40.0 Å². The summed E-state index contributed by atoms with van der Waals surface area (Å²) >= 11 is 7.32. The van der Waals surface area contributed by atoms with Gasteiger partial charge in [0.1, 0.15) is 0 Å². The Hall–Kier alpha value is -3.94. The predicted octanol–water partition coefficient (Wildman–Crippen LogP) is 7.38. The largest absolute Gasteiger partial charge is 0.454 e. The summed E-state index contributed by atoms with van der Waals surface area (Å²) in [6, 6.07) is 24.0. The Morgan fingerprint density at radius 3 is 2.34 bits per heavy atom. The van der Waals surface area contributed by atoms with Crippen LogP contribution in [0.4, 0.5) is 4.79 Å². The Morgan fingerprint density at radius 2 is 1.61 bits per heavy atom. The number of hydrogen-bond acceptors (Lipinski definition) is 5. The van der Waals surface area contributed by atoms with Gasteiger partial charge in [0.25, 0.3) is 11.1 Å². The highest BCUT2D eigenvalue weighted by Crippen LogP contribution is 2.40. The Morgan fingerprint density at radius 1 is 0.921 bits per heavy atom. The molecule has 1 saturated heterocycles. The van der Waals surface area contributed by atoms with Gasteiger partial charge in [-0.2, -0.15) is 0 Å². The topological polar surface area (TPSA) is 60.8 Å². The fourth-order valence-electron chi connectivity index (χ4n) is 4.79. The van der Waals surface area contributed by atoms with Crippen molar-refractivity contribution in [2.45, 2.75) is 20.4 Å². The molecule has 0 N–H and O–H groups in total. The first-order valence-electron chi connectivity index (χ1n) is 12.1. The third-order valence-corrected chi connectivity index (χ3v) is 7.99. The highest BCUT2D eigenvalue weighted by molar-refractivity contribution is 8.18. The fraction of sp³-hybridized carbons (Fsp3) is 0.133. The molecule has 1 aromatic heterocycles. The normalized spacial score (nSPS) is 15.7. The lowest BCUT2D eigenvalue weighted by Gasteiger charge is -2.14. The zero-order chi connectivity index (χ0) is 26.4. The lowest BCUT2D eigenvalue weighted by atomic mass is 10.1. The molecule has 38 heavy (non-hydrogen) atoms. The van der Waals surface area contributed by atoms with Gasteiger partial charge in [-0.25, -0.2) is 0 Å². The number of carbonyl (C=O) groups excluding carboxylic acids is 2. The maximum absolute atomic E-state index is 13.2. The van der Waals surface area contributed by atoms with Crippen LogP contribution in [0.2, 0.25) is 5.02 Å². The van der Waals surface area contributed by atoms with Crippen LogP contribution in [0.5, 0.6) is 11.5 Å². The zero-order valence-corrected chi connectivity index (χ0v) is 22.3.